The van der Waals surface area contributed by atoms with Crippen LogP contribution in [0, 0.1) is 0 Å². The summed E-state index contributed by atoms with van der Waals surface area (Å²) in [6.07, 6.45) is 0. The van der Waals surface area contributed by atoms with E-state index < -0.39 is 4.33 Å². The van der Waals surface area contributed by atoms with Gasteiger partial charge in [0.25, 0.3) is 0 Å². The van der Waals surface area contributed by atoms with Gasteiger partial charge in [0.15, 0.2) is 4.33 Å². The molecule has 0 unspecified atom stereocenters. The van der Waals surface area contributed by atoms with E-state index in [0.29, 0.717) is 0 Å². The third-order valence-corrected chi connectivity index (χ3v) is 3.68. The Bertz CT molecular complexity index is 394. The molecule has 0 saturated carbocycles. The van der Waals surface area contributed by atoms with Gasteiger partial charge in [-0.15, -0.1) is 0 Å². The van der Waals surface area contributed by atoms with E-state index in [1.807, 2.05) is 25.1 Å². The van der Waals surface area contributed by atoms with Crippen molar-refractivity contribution in [1.82, 2.24) is 0 Å². The summed E-state index contributed by atoms with van der Waals surface area (Å²) in [5, 5.41) is 0. The summed E-state index contributed by atoms with van der Waals surface area (Å²) >= 11 is 12.5. The first-order valence-electron chi connectivity index (χ1n) is 4.21. The molecule has 0 radical (unpaired) electrons. The van der Waals surface area contributed by atoms with Gasteiger partial charge < -0.3 is 0 Å². The fraction of sp³-hybridized carbons (Fsp3) is 0.273. The number of halogens is 2. The second-order valence-corrected chi connectivity index (χ2v) is 4.70. The number of hydrogen-bond donors (Lipinski definition) is 0. The first-order valence-corrected chi connectivity index (χ1v) is 4.96. The number of benzene rings is 1. The third-order valence-electron chi connectivity index (χ3n) is 2.70. The average molecular weight is 261 g/mol. The van der Waals surface area contributed by atoms with Gasteiger partial charge in [-0.05, 0) is 36.1 Å². The molecule has 14 heavy (non-hydrogen) atoms. The quantitative estimate of drug-likeness (QED) is 0.486. The fourth-order valence-electron chi connectivity index (χ4n) is 1.72. The maximum atomic E-state index is 6.25. The average Bonchev–Trinajstić information content (AvgIpc) is 2.30. The topological polar surface area (TPSA) is 0 Å². The molecule has 72 valence electrons. The first-order chi connectivity index (χ1) is 6.05. The molecule has 3 heteroatoms. The monoisotopic (exact) mass is 260 g/mol. The summed E-state index contributed by atoms with van der Waals surface area (Å²) in [6.45, 7) is 4.04. The molecule has 0 heterocycles. The van der Waals surface area contributed by atoms with E-state index in [2.05, 4.69) is 13.0 Å². The van der Waals surface area contributed by atoms with Gasteiger partial charge in [-0.3, -0.25) is 0 Å². The smallest absolute Gasteiger partial charge is 0.0913 e. The Morgan fingerprint density at radius 3 is 2.21 bits per heavy atom. The van der Waals surface area contributed by atoms with Crippen molar-refractivity contribution >= 4 is 28.8 Å². The van der Waals surface area contributed by atoms with Crippen LogP contribution >= 0.6 is 23.2 Å². The second kappa shape index (κ2) is 4.02. The number of hydrogen-bond acceptors (Lipinski definition) is 0. The molecule has 1 aromatic carbocycles. The van der Waals surface area contributed by atoms with Crippen LogP contribution in [-0.4, -0.2) is 0 Å². The summed E-state index contributed by atoms with van der Waals surface area (Å²) in [4.78, 5) is 0. The van der Waals surface area contributed by atoms with Crippen molar-refractivity contribution in [2.45, 2.75) is 18.2 Å². The number of rotatable bonds is 0. The first kappa shape index (κ1) is 12.3. The Labute approximate surface area is 109 Å². The van der Waals surface area contributed by atoms with E-state index in [0.717, 1.165) is 11.1 Å². The van der Waals surface area contributed by atoms with E-state index in [4.69, 9.17) is 23.2 Å². The van der Waals surface area contributed by atoms with Gasteiger partial charge in [-0.25, -0.2) is 0 Å². The van der Waals surface area contributed by atoms with Crippen LogP contribution in [0.4, 0.5) is 0 Å². The number of alkyl halides is 2. The van der Waals surface area contributed by atoms with Gasteiger partial charge in [-0.1, -0.05) is 47.5 Å². The van der Waals surface area contributed by atoms with Crippen molar-refractivity contribution in [3.05, 3.63) is 41.0 Å². The molecular formula is C11H10Cl2Ti. The molecule has 0 N–H and O–H groups in total. The Hall–Kier alpha value is 0.254. The Kier molecular flexibility index (Phi) is 3.54. The normalized spacial score (nSPS) is 17.7. The summed E-state index contributed by atoms with van der Waals surface area (Å²) in [7, 11) is 0. The van der Waals surface area contributed by atoms with Crippen molar-refractivity contribution in [3.8, 4) is 0 Å². The van der Waals surface area contributed by atoms with Gasteiger partial charge in [0, 0.05) is 21.7 Å². The maximum absolute atomic E-state index is 6.25. The van der Waals surface area contributed by atoms with Crippen LogP contribution in [0.3, 0.4) is 0 Å². The Balaban J connectivity index is 0.000000980. The van der Waals surface area contributed by atoms with E-state index in [1.54, 1.807) is 0 Å². The number of fused-ring (bicyclic) bond motifs is 1. The van der Waals surface area contributed by atoms with Crippen LogP contribution in [0.25, 0.3) is 5.57 Å². The molecule has 0 nitrogen and oxygen atoms in total. The zero-order chi connectivity index (χ0) is 9.64. The van der Waals surface area contributed by atoms with Crippen molar-refractivity contribution in [2.75, 3.05) is 0 Å². The maximum Gasteiger partial charge on any atom is 0.165 e. The summed E-state index contributed by atoms with van der Waals surface area (Å²) in [6, 6.07) is 8.00. The molecule has 0 bridgehead atoms. The van der Waals surface area contributed by atoms with E-state index in [-0.39, 0.29) is 21.7 Å². The van der Waals surface area contributed by atoms with Gasteiger partial charge in [0.1, 0.15) is 0 Å². The molecule has 0 aliphatic heterocycles. The Morgan fingerprint density at radius 1 is 1.07 bits per heavy atom. The minimum atomic E-state index is -0.819. The molecule has 0 saturated heterocycles. The van der Waals surface area contributed by atoms with Gasteiger partial charge in [0.05, 0.1) is 0 Å². The molecular weight excluding hydrogens is 251 g/mol. The van der Waals surface area contributed by atoms with Crippen LogP contribution in [0.5, 0.6) is 0 Å². The summed E-state index contributed by atoms with van der Waals surface area (Å²) in [5.41, 5.74) is 4.41. The standard InChI is InChI=1S/C11H10Cl2.Ti/c1-7-8(2)11(12,13)10-6-4-3-5-9(7)10;/h3-6H,1-2H3;. The molecule has 1 aliphatic carbocycles. The van der Waals surface area contributed by atoms with Crippen molar-refractivity contribution in [2.24, 2.45) is 0 Å². The van der Waals surface area contributed by atoms with Gasteiger partial charge in [-0.2, -0.15) is 0 Å². The third kappa shape index (κ3) is 1.59. The predicted molar refractivity (Wildman–Crippen MR) is 58.1 cm³/mol. The summed E-state index contributed by atoms with van der Waals surface area (Å²) < 4.78 is -0.819. The Morgan fingerprint density at radius 2 is 1.64 bits per heavy atom. The minimum absolute atomic E-state index is 0. The molecule has 2 rings (SSSR count). The molecule has 0 aromatic heterocycles. The molecule has 1 aliphatic rings. The molecule has 0 fully saturated rings. The van der Waals surface area contributed by atoms with Crippen molar-refractivity contribution in [3.63, 3.8) is 0 Å². The predicted octanol–water partition coefficient (Wildman–Crippen LogP) is 4.12. The zero-order valence-electron chi connectivity index (χ0n) is 8.07. The zero-order valence-corrected chi connectivity index (χ0v) is 11.1. The van der Waals surface area contributed by atoms with E-state index >= 15 is 0 Å². The van der Waals surface area contributed by atoms with Crippen LogP contribution in [0.1, 0.15) is 25.0 Å². The minimum Gasteiger partial charge on any atom is -0.0913 e. The second-order valence-electron chi connectivity index (χ2n) is 3.37. The number of allylic oxidation sites excluding steroid dienone is 2. The SMILES string of the molecule is CC1=C(C)C(Cl)(Cl)c2ccccc21.[Ti]. The van der Waals surface area contributed by atoms with E-state index in [1.165, 1.54) is 11.1 Å². The van der Waals surface area contributed by atoms with Gasteiger partial charge in [0.2, 0.25) is 0 Å². The molecule has 0 amide bonds. The van der Waals surface area contributed by atoms with Crippen molar-refractivity contribution < 1.29 is 21.7 Å². The van der Waals surface area contributed by atoms with Crippen LogP contribution in [0.15, 0.2) is 29.8 Å². The summed E-state index contributed by atoms with van der Waals surface area (Å²) in [5.74, 6) is 0. The molecule has 0 atom stereocenters. The largest absolute Gasteiger partial charge is 0.165 e. The van der Waals surface area contributed by atoms with Crippen LogP contribution in [-0.2, 0) is 26.1 Å². The van der Waals surface area contributed by atoms with Gasteiger partial charge >= 0.3 is 0 Å². The molecule has 0 spiro atoms. The fourth-order valence-corrected chi connectivity index (χ4v) is 2.34. The van der Waals surface area contributed by atoms with Crippen LogP contribution < -0.4 is 0 Å². The van der Waals surface area contributed by atoms with Crippen LogP contribution in [0.2, 0.25) is 0 Å². The molecule has 1 aromatic rings. The van der Waals surface area contributed by atoms with Crippen molar-refractivity contribution in [1.29, 1.82) is 0 Å². The van der Waals surface area contributed by atoms with E-state index in [9.17, 15) is 0 Å².